The second-order valence-corrected chi connectivity index (χ2v) is 7.94. The standard InChI is InChI=1S/C27H19NO7/c1-15(28-25(30)18-7-3-4-8-19(18)26(28)31)27(32)35-24-22(29)20-9-5-6-10-21(20)34-23(24)16-11-13-17(33-2)14-12-16/h3-15H,1-2H3/t15-/m1/s1. The molecule has 35 heavy (non-hydrogen) atoms. The maximum absolute atomic E-state index is 13.3. The fourth-order valence-corrected chi connectivity index (χ4v) is 4.00. The number of hydrogen-bond donors (Lipinski definition) is 0. The minimum absolute atomic E-state index is 0.0410. The van der Waals surface area contributed by atoms with E-state index in [0.717, 1.165) is 4.90 Å². The first kappa shape index (κ1) is 22.1. The van der Waals surface area contributed by atoms with Crippen molar-refractivity contribution in [3.63, 3.8) is 0 Å². The fourth-order valence-electron chi connectivity index (χ4n) is 4.00. The molecule has 4 aromatic rings. The van der Waals surface area contributed by atoms with Crippen LogP contribution in [0, 0.1) is 0 Å². The zero-order valence-electron chi connectivity index (χ0n) is 18.8. The van der Waals surface area contributed by atoms with Crippen LogP contribution in [0.4, 0.5) is 0 Å². The SMILES string of the molecule is COc1ccc(-c2oc3ccccc3c(=O)c2OC(=O)[C@@H](C)N2C(=O)c3ccccc3C2=O)cc1. The molecule has 0 radical (unpaired) electrons. The summed E-state index contributed by atoms with van der Waals surface area (Å²) in [5, 5.41) is 0.223. The first-order valence-corrected chi connectivity index (χ1v) is 10.8. The van der Waals surface area contributed by atoms with Gasteiger partial charge in [-0.25, -0.2) is 4.79 Å². The second-order valence-electron chi connectivity index (χ2n) is 7.94. The third-order valence-electron chi connectivity index (χ3n) is 5.86. The van der Waals surface area contributed by atoms with Gasteiger partial charge in [0.25, 0.3) is 11.8 Å². The van der Waals surface area contributed by atoms with Crippen LogP contribution in [-0.4, -0.2) is 35.8 Å². The second kappa shape index (κ2) is 8.57. The molecule has 0 saturated heterocycles. The minimum atomic E-state index is -1.28. The van der Waals surface area contributed by atoms with E-state index in [0.29, 0.717) is 16.9 Å². The van der Waals surface area contributed by atoms with Crippen LogP contribution < -0.4 is 14.9 Å². The number of methoxy groups -OCH3 is 1. The number of imide groups is 1. The Labute approximate surface area is 199 Å². The van der Waals surface area contributed by atoms with E-state index in [9.17, 15) is 19.2 Å². The molecule has 3 aromatic carbocycles. The molecule has 2 heterocycles. The highest BCUT2D eigenvalue weighted by atomic mass is 16.5. The molecule has 5 rings (SSSR count). The van der Waals surface area contributed by atoms with E-state index in [2.05, 4.69) is 0 Å². The van der Waals surface area contributed by atoms with Crippen LogP contribution in [0.5, 0.6) is 11.5 Å². The summed E-state index contributed by atoms with van der Waals surface area (Å²) in [6, 6.07) is 18.3. The third-order valence-corrected chi connectivity index (χ3v) is 5.86. The lowest BCUT2D eigenvalue weighted by Crippen LogP contribution is -2.45. The predicted molar refractivity (Wildman–Crippen MR) is 127 cm³/mol. The summed E-state index contributed by atoms with van der Waals surface area (Å²) in [5.74, 6) is -1.85. The van der Waals surface area contributed by atoms with E-state index in [1.807, 2.05) is 0 Å². The smallest absolute Gasteiger partial charge is 0.334 e. The average molecular weight is 469 g/mol. The van der Waals surface area contributed by atoms with Gasteiger partial charge in [-0.2, -0.15) is 0 Å². The number of benzene rings is 3. The minimum Gasteiger partial charge on any atom is -0.497 e. The number of carbonyl (C=O) groups excluding carboxylic acids is 3. The molecule has 0 fully saturated rings. The Morgan fingerprint density at radius 3 is 2.09 bits per heavy atom. The number of esters is 1. The molecular weight excluding hydrogens is 450 g/mol. The molecule has 174 valence electrons. The van der Waals surface area contributed by atoms with Crippen molar-refractivity contribution >= 4 is 28.8 Å². The van der Waals surface area contributed by atoms with Crippen LogP contribution in [0.1, 0.15) is 27.6 Å². The van der Waals surface area contributed by atoms with E-state index in [4.69, 9.17) is 13.9 Å². The zero-order valence-corrected chi connectivity index (χ0v) is 18.8. The molecule has 0 spiro atoms. The summed E-state index contributed by atoms with van der Waals surface area (Å²) in [4.78, 5) is 52.9. The number of rotatable bonds is 5. The normalized spacial score (nSPS) is 13.6. The van der Waals surface area contributed by atoms with Crippen LogP contribution in [0.2, 0.25) is 0 Å². The number of ether oxygens (including phenoxy) is 2. The lowest BCUT2D eigenvalue weighted by Gasteiger charge is -2.21. The molecule has 1 aliphatic heterocycles. The maximum Gasteiger partial charge on any atom is 0.334 e. The van der Waals surface area contributed by atoms with Crippen molar-refractivity contribution in [1.29, 1.82) is 0 Å². The molecular formula is C27H19NO7. The van der Waals surface area contributed by atoms with Gasteiger partial charge >= 0.3 is 5.97 Å². The number of nitrogens with zero attached hydrogens (tertiary/aromatic N) is 1. The molecule has 1 aliphatic rings. The number of para-hydroxylation sites is 1. The largest absolute Gasteiger partial charge is 0.497 e. The van der Waals surface area contributed by atoms with Crippen molar-refractivity contribution in [2.45, 2.75) is 13.0 Å². The number of amides is 2. The average Bonchev–Trinajstić information content (AvgIpc) is 3.15. The van der Waals surface area contributed by atoms with Crippen LogP contribution in [-0.2, 0) is 4.79 Å². The summed E-state index contributed by atoms with van der Waals surface area (Å²) in [6.45, 7) is 1.37. The highest BCUT2D eigenvalue weighted by Crippen LogP contribution is 2.33. The summed E-state index contributed by atoms with van der Waals surface area (Å²) < 4.78 is 16.7. The van der Waals surface area contributed by atoms with Crippen molar-refractivity contribution < 1.29 is 28.3 Å². The molecule has 8 nitrogen and oxygen atoms in total. The third kappa shape index (κ3) is 3.65. The summed E-state index contributed by atoms with van der Waals surface area (Å²) in [7, 11) is 1.53. The molecule has 1 atom stereocenters. The van der Waals surface area contributed by atoms with E-state index in [1.54, 1.807) is 60.7 Å². The van der Waals surface area contributed by atoms with Gasteiger partial charge in [-0.15, -0.1) is 0 Å². The molecule has 0 aliphatic carbocycles. The maximum atomic E-state index is 13.3. The molecule has 2 amide bonds. The first-order valence-electron chi connectivity index (χ1n) is 10.8. The Balaban J connectivity index is 1.55. The highest BCUT2D eigenvalue weighted by molar-refractivity contribution is 6.22. The number of fused-ring (bicyclic) bond motifs is 2. The lowest BCUT2D eigenvalue weighted by molar-refractivity contribution is -0.138. The van der Waals surface area contributed by atoms with E-state index >= 15 is 0 Å². The molecule has 1 aromatic heterocycles. The van der Waals surface area contributed by atoms with E-state index in [1.165, 1.54) is 26.2 Å². The van der Waals surface area contributed by atoms with Gasteiger partial charge in [0.05, 0.1) is 23.6 Å². The van der Waals surface area contributed by atoms with Gasteiger partial charge in [-0.1, -0.05) is 24.3 Å². The van der Waals surface area contributed by atoms with Crippen molar-refractivity contribution in [2.24, 2.45) is 0 Å². The van der Waals surface area contributed by atoms with E-state index in [-0.39, 0.29) is 28.0 Å². The summed E-state index contributed by atoms with van der Waals surface area (Å²) in [5.41, 5.74) is 0.657. The Kier molecular flexibility index (Phi) is 5.41. The van der Waals surface area contributed by atoms with Gasteiger partial charge in [0.2, 0.25) is 11.2 Å². The topological polar surface area (TPSA) is 103 Å². The van der Waals surface area contributed by atoms with Crippen LogP contribution in [0.15, 0.2) is 82.0 Å². The Morgan fingerprint density at radius 2 is 1.46 bits per heavy atom. The van der Waals surface area contributed by atoms with Crippen molar-refractivity contribution in [3.05, 3.63) is 94.1 Å². The van der Waals surface area contributed by atoms with Gasteiger partial charge in [-0.05, 0) is 55.5 Å². The van der Waals surface area contributed by atoms with Gasteiger partial charge in [-0.3, -0.25) is 19.3 Å². The number of carbonyl (C=O) groups is 3. The van der Waals surface area contributed by atoms with Crippen LogP contribution in [0.25, 0.3) is 22.3 Å². The molecule has 0 bridgehead atoms. The Morgan fingerprint density at radius 1 is 0.857 bits per heavy atom. The van der Waals surface area contributed by atoms with Crippen molar-refractivity contribution in [1.82, 2.24) is 4.90 Å². The van der Waals surface area contributed by atoms with Gasteiger partial charge in [0.15, 0.2) is 5.76 Å². The van der Waals surface area contributed by atoms with Crippen molar-refractivity contribution in [2.75, 3.05) is 7.11 Å². The molecule has 8 heteroatoms. The summed E-state index contributed by atoms with van der Waals surface area (Å²) >= 11 is 0. The van der Waals surface area contributed by atoms with Gasteiger partial charge in [0.1, 0.15) is 17.4 Å². The van der Waals surface area contributed by atoms with Gasteiger partial charge in [0, 0.05) is 5.56 Å². The first-order chi connectivity index (χ1) is 16.9. The molecule has 0 N–H and O–H groups in total. The Hall–Kier alpha value is -4.72. The summed E-state index contributed by atoms with van der Waals surface area (Å²) in [6.07, 6.45) is 0. The highest BCUT2D eigenvalue weighted by Gasteiger charge is 2.41. The van der Waals surface area contributed by atoms with Crippen LogP contribution >= 0.6 is 0 Å². The predicted octanol–water partition coefficient (Wildman–Crippen LogP) is 4.06. The lowest BCUT2D eigenvalue weighted by atomic mass is 10.1. The quantitative estimate of drug-likeness (QED) is 0.321. The molecule has 0 saturated carbocycles. The zero-order chi connectivity index (χ0) is 24.7. The van der Waals surface area contributed by atoms with Gasteiger partial charge < -0.3 is 13.9 Å². The molecule has 0 unspecified atom stereocenters. The monoisotopic (exact) mass is 469 g/mol. The number of hydrogen-bond acceptors (Lipinski definition) is 7. The van der Waals surface area contributed by atoms with Crippen LogP contribution in [0.3, 0.4) is 0 Å². The van der Waals surface area contributed by atoms with E-state index < -0.39 is 29.3 Å². The Bertz CT molecular complexity index is 1520. The fraction of sp³-hybridized carbons (Fsp3) is 0.111. The van der Waals surface area contributed by atoms with Crippen molar-refractivity contribution in [3.8, 4) is 22.8 Å².